The summed E-state index contributed by atoms with van der Waals surface area (Å²) in [4.78, 5) is 29.4. The van der Waals surface area contributed by atoms with Crippen LogP contribution in [0.5, 0.6) is 0 Å². The molecular weight excluding hydrogens is 510 g/mol. The molecule has 0 aromatic rings. The van der Waals surface area contributed by atoms with Crippen LogP contribution in [0.4, 0.5) is 9.59 Å². The van der Waals surface area contributed by atoms with Gasteiger partial charge in [-0.05, 0) is 121 Å². The molecule has 9 heteroatoms. The van der Waals surface area contributed by atoms with E-state index >= 15 is 0 Å². The first kappa shape index (κ1) is 32.4. The number of hydrogen-bond donors (Lipinski definition) is 4. The number of aliphatic hydroxyl groups excluding tert-OH is 2. The molecule has 3 fully saturated rings. The van der Waals surface area contributed by atoms with Crippen LogP contribution in [0.15, 0.2) is 17.1 Å². The number of carbonyl (C=O) groups is 2. The highest BCUT2D eigenvalue weighted by Gasteiger charge is 2.56. The van der Waals surface area contributed by atoms with Gasteiger partial charge in [-0.1, -0.05) is 26.0 Å². The topological polar surface area (TPSA) is 129 Å². The highest BCUT2D eigenvalue weighted by molar-refractivity contribution is 5.98. The Labute approximate surface area is 240 Å². The molecule has 0 bridgehead atoms. The SMILES string of the molecule is C=C1CC[C@H]2[C@H](CN/C(=N/C(=O)OC(C)(C)C)NC(=O)OC(C)(C)C)[C@@H]([C@@]3(C)CC[C@H](O)C[C@@H]3CO)CC[C@]12C. The van der Waals surface area contributed by atoms with E-state index in [9.17, 15) is 19.8 Å². The molecule has 3 rings (SSSR count). The fourth-order valence-electron chi connectivity index (χ4n) is 7.57. The number of nitrogens with zero attached hydrogens (tertiary/aromatic N) is 1. The van der Waals surface area contributed by atoms with Crippen molar-refractivity contribution in [1.82, 2.24) is 10.6 Å². The van der Waals surface area contributed by atoms with Gasteiger partial charge in [-0.3, -0.25) is 5.32 Å². The van der Waals surface area contributed by atoms with Crippen LogP contribution in [0.2, 0.25) is 0 Å². The van der Waals surface area contributed by atoms with Gasteiger partial charge in [0.25, 0.3) is 0 Å². The van der Waals surface area contributed by atoms with E-state index in [1.807, 2.05) is 0 Å². The zero-order valence-corrected chi connectivity index (χ0v) is 25.9. The maximum atomic E-state index is 12.7. The van der Waals surface area contributed by atoms with Gasteiger partial charge >= 0.3 is 12.2 Å². The molecule has 0 radical (unpaired) electrons. The van der Waals surface area contributed by atoms with Crippen molar-refractivity contribution in [3.8, 4) is 0 Å². The molecule has 3 aliphatic carbocycles. The van der Waals surface area contributed by atoms with Crippen LogP contribution in [-0.4, -0.2) is 58.8 Å². The number of aliphatic hydroxyl groups is 2. The highest BCUT2D eigenvalue weighted by Crippen LogP contribution is 2.63. The summed E-state index contributed by atoms with van der Waals surface area (Å²) in [5.74, 6) is 0.815. The van der Waals surface area contributed by atoms with Crippen molar-refractivity contribution in [2.24, 2.45) is 39.5 Å². The van der Waals surface area contributed by atoms with E-state index in [0.29, 0.717) is 18.9 Å². The lowest BCUT2D eigenvalue weighted by atomic mass is 9.49. The number of allylic oxidation sites excluding steroid dienone is 1. The molecule has 9 nitrogen and oxygen atoms in total. The number of amides is 2. The molecule has 0 spiro atoms. The summed E-state index contributed by atoms with van der Waals surface area (Å²) < 4.78 is 10.8. The summed E-state index contributed by atoms with van der Waals surface area (Å²) in [5.41, 5.74) is -0.299. The van der Waals surface area contributed by atoms with Gasteiger partial charge < -0.3 is 25.0 Å². The number of guanidine groups is 1. The second-order valence-corrected chi connectivity index (χ2v) is 14.7. The fraction of sp³-hybridized carbons (Fsp3) is 0.839. The first-order chi connectivity index (χ1) is 18.4. The molecular formula is C31H53N3O6. The Hall–Kier alpha value is -2.13. The standard InChI is InChI=1S/C31H53N3O6/c1-19-10-11-23-22(24(13-15-30(19,23)8)31(9)14-12-21(36)16-20(31)18-35)17-32-25(33-26(37)39-28(2,3)4)34-27(38)40-29(5,6)7/h20-24,35-36H,1,10-18H2,2-9H3,(H2,32,33,34,37,38)/t20-,21+,22+,23+,24+,30-,31+/m1/s1. The van der Waals surface area contributed by atoms with Crippen LogP contribution in [0.3, 0.4) is 0 Å². The Kier molecular flexibility index (Phi) is 9.72. The van der Waals surface area contributed by atoms with Gasteiger partial charge in [0.15, 0.2) is 0 Å². The lowest BCUT2D eigenvalue weighted by molar-refractivity contribution is -0.0925. The van der Waals surface area contributed by atoms with Crippen molar-refractivity contribution in [1.29, 1.82) is 0 Å². The first-order valence-corrected chi connectivity index (χ1v) is 14.9. The van der Waals surface area contributed by atoms with Gasteiger partial charge in [0, 0.05) is 13.2 Å². The molecule has 7 atom stereocenters. The van der Waals surface area contributed by atoms with Gasteiger partial charge in [-0.25, -0.2) is 9.59 Å². The van der Waals surface area contributed by atoms with E-state index < -0.39 is 23.4 Å². The minimum atomic E-state index is -0.807. The molecule has 0 aromatic heterocycles. The predicted molar refractivity (Wildman–Crippen MR) is 156 cm³/mol. The molecule has 0 saturated heterocycles. The van der Waals surface area contributed by atoms with Crippen LogP contribution in [-0.2, 0) is 9.47 Å². The summed E-state index contributed by atoms with van der Waals surface area (Å²) in [7, 11) is 0. The summed E-state index contributed by atoms with van der Waals surface area (Å²) in [6.07, 6.45) is 4.31. The Balaban J connectivity index is 1.92. The fourth-order valence-corrected chi connectivity index (χ4v) is 7.57. The number of ether oxygens (including phenoxy) is 2. The third kappa shape index (κ3) is 7.58. The minimum Gasteiger partial charge on any atom is -0.444 e. The number of nitrogens with one attached hydrogen (secondary N) is 2. The number of hydrogen-bond acceptors (Lipinski definition) is 6. The normalized spacial score (nSPS) is 35.1. The molecule has 3 saturated carbocycles. The zero-order chi connectivity index (χ0) is 30.1. The number of fused-ring (bicyclic) bond motifs is 1. The van der Waals surface area contributed by atoms with Gasteiger partial charge in [0.1, 0.15) is 11.2 Å². The monoisotopic (exact) mass is 563 g/mol. The predicted octanol–water partition coefficient (Wildman–Crippen LogP) is 5.55. The third-order valence-corrected chi connectivity index (χ3v) is 9.69. The summed E-state index contributed by atoms with van der Waals surface area (Å²) in [6, 6.07) is 0. The Morgan fingerprint density at radius 2 is 1.68 bits per heavy atom. The van der Waals surface area contributed by atoms with Crippen LogP contribution < -0.4 is 10.6 Å². The highest BCUT2D eigenvalue weighted by atomic mass is 16.6. The van der Waals surface area contributed by atoms with Crippen molar-refractivity contribution in [2.75, 3.05) is 13.2 Å². The van der Waals surface area contributed by atoms with E-state index in [0.717, 1.165) is 38.5 Å². The lowest BCUT2D eigenvalue weighted by Gasteiger charge is -2.56. The largest absolute Gasteiger partial charge is 0.444 e. The van der Waals surface area contributed by atoms with Gasteiger partial charge in [-0.15, -0.1) is 4.99 Å². The molecule has 40 heavy (non-hydrogen) atoms. The second kappa shape index (κ2) is 12.0. The number of alkyl carbamates (subject to hydrolysis) is 1. The average molecular weight is 564 g/mol. The molecule has 3 aliphatic rings. The number of rotatable bonds is 4. The van der Waals surface area contributed by atoms with Crippen LogP contribution in [0.25, 0.3) is 0 Å². The quantitative estimate of drug-likeness (QED) is 0.200. The van der Waals surface area contributed by atoms with E-state index in [1.54, 1.807) is 41.5 Å². The van der Waals surface area contributed by atoms with Crippen molar-refractivity contribution in [3.63, 3.8) is 0 Å². The third-order valence-electron chi connectivity index (χ3n) is 9.69. The van der Waals surface area contributed by atoms with Crippen molar-refractivity contribution in [2.45, 2.75) is 118 Å². The van der Waals surface area contributed by atoms with E-state index in [1.165, 1.54) is 5.57 Å². The van der Waals surface area contributed by atoms with E-state index in [2.05, 4.69) is 36.1 Å². The molecule has 0 aliphatic heterocycles. The average Bonchev–Trinajstić information content (AvgIpc) is 3.10. The van der Waals surface area contributed by atoms with Crippen molar-refractivity contribution < 1.29 is 29.3 Å². The number of carbonyl (C=O) groups excluding carboxylic acids is 2. The Morgan fingerprint density at radius 3 is 2.27 bits per heavy atom. The van der Waals surface area contributed by atoms with E-state index in [4.69, 9.17) is 9.47 Å². The molecule has 2 amide bonds. The van der Waals surface area contributed by atoms with Gasteiger partial charge in [0.05, 0.1) is 6.10 Å². The molecule has 0 unspecified atom stereocenters. The minimum absolute atomic E-state index is 0.00530. The molecule has 228 valence electrons. The number of aliphatic imine (C=N–C) groups is 1. The van der Waals surface area contributed by atoms with E-state index in [-0.39, 0.29) is 47.3 Å². The lowest BCUT2D eigenvalue weighted by Crippen LogP contribution is -2.54. The Morgan fingerprint density at radius 1 is 1.02 bits per heavy atom. The second-order valence-electron chi connectivity index (χ2n) is 14.7. The van der Waals surface area contributed by atoms with Crippen molar-refractivity contribution >= 4 is 18.1 Å². The van der Waals surface area contributed by atoms with Crippen molar-refractivity contribution in [3.05, 3.63) is 12.2 Å². The van der Waals surface area contributed by atoms with Gasteiger partial charge in [0.2, 0.25) is 5.96 Å². The summed E-state index contributed by atoms with van der Waals surface area (Å²) >= 11 is 0. The smallest absolute Gasteiger partial charge is 0.437 e. The van der Waals surface area contributed by atoms with Gasteiger partial charge in [-0.2, -0.15) is 0 Å². The maximum absolute atomic E-state index is 12.7. The zero-order valence-electron chi connectivity index (χ0n) is 25.9. The summed E-state index contributed by atoms with van der Waals surface area (Å²) in [5, 5.41) is 26.7. The molecule has 0 aromatic carbocycles. The molecule has 4 N–H and O–H groups in total. The van der Waals surface area contributed by atoms with Crippen LogP contribution >= 0.6 is 0 Å². The van der Waals surface area contributed by atoms with Crippen LogP contribution in [0, 0.1) is 34.5 Å². The van der Waals surface area contributed by atoms with Crippen LogP contribution in [0.1, 0.15) is 100 Å². The summed E-state index contributed by atoms with van der Waals surface area (Å²) in [6.45, 7) is 20.1. The molecule has 0 heterocycles. The first-order valence-electron chi connectivity index (χ1n) is 14.9. The Bertz CT molecular complexity index is 983. The maximum Gasteiger partial charge on any atom is 0.437 e.